The highest BCUT2D eigenvalue weighted by Crippen LogP contribution is 2.34. The third-order valence-electron chi connectivity index (χ3n) is 4.86. The molecule has 0 saturated heterocycles. The molecule has 5 aromatic rings. The van der Waals surface area contributed by atoms with Crippen LogP contribution in [-0.2, 0) is 10.0 Å². The van der Waals surface area contributed by atoms with Crippen molar-refractivity contribution < 1.29 is 12.8 Å². The van der Waals surface area contributed by atoms with E-state index in [1.807, 2.05) is 0 Å². The zero-order chi connectivity index (χ0) is 20.2. The van der Waals surface area contributed by atoms with E-state index in [4.69, 9.17) is 0 Å². The van der Waals surface area contributed by atoms with Crippen LogP contribution in [0.2, 0.25) is 0 Å². The molecule has 0 spiro atoms. The summed E-state index contributed by atoms with van der Waals surface area (Å²) < 4.78 is 41.5. The SMILES string of the molecule is O=c1[nH]c2ccc(-c3cn(S(=O)(=O)c4ccccc4)c4cc(F)ccc34)cc2[nH]1. The van der Waals surface area contributed by atoms with E-state index in [1.54, 1.807) is 42.5 Å². The van der Waals surface area contributed by atoms with Gasteiger partial charge in [-0.3, -0.25) is 0 Å². The average molecular weight is 407 g/mol. The number of imidazole rings is 1. The minimum Gasteiger partial charge on any atom is -0.306 e. The van der Waals surface area contributed by atoms with E-state index in [2.05, 4.69) is 9.97 Å². The van der Waals surface area contributed by atoms with Gasteiger partial charge in [0.15, 0.2) is 0 Å². The molecular weight excluding hydrogens is 393 g/mol. The van der Waals surface area contributed by atoms with Crippen molar-refractivity contribution >= 4 is 32.0 Å². The molecule has 0 bridgehead atoms. The van der Waals surface area contributed by atoms with Crippen LogP contribution in [0, 0.1) is 5.82 Å². The summed E-state index contributed by atoms with van der Waals surface area (Å²) in [4.78, 5) is 17.0. The summed E-state index contributed by atoms with van der Waals surface area (Å²) in [6.45, 7) is 0. The second-order valence-corrected chi connectivity index (χ2v) is 8.47. The fourth-order valence-electron chi connectivity index (χ4n) is 3.51. The van der Waals surface area contributed by atoms with Crippen LogP contribution in [0.25, 0.3) is 33.1 Å². The molecule has 6 nitrogen and oxygen atoms in total. The van der Waals surface area contributed by atoms with Crippen molar-refractivity contribution in [1.82, 2.24) is 13.9 Å². The van der Waals surface area contributed by atoms with Gasteiger partial charge >= 0.3 is 5.69 Å². The topological polar surface area (TPSA) is 87.7 Å². The van der Waals surface area contributed by atoms with E-state index in [0.29, 0.717) is 27.5 Å². The van der Waals surface area contributed by atoms with Gasteiger partial charge in [-0.2, -0.15) is 0 Å². The predicted molar refractivity (Wildman–Crippen MR) is 109 cm³/mol. The van der Waals surface area contributed by atoms with Gasteiger partial charge in [0.25, 0.3) is 10.0 Å². The van der Waals surface area contributed by atoms with Crippen LogP contribution in [-0.4, -0.2) is 22.4 Å². The largest absolute Gasteiger partial charge is 0.323 e. The Morgan fingerprint density at radius 2 is 1.62 bits per heavy atom. The Balaban J connectivity index is 1.80. The molecule has 0 fully saturated rings. The number of benzene rings is 3. The number of fused-ring (bicyclic) bond motifs is 2. The predicted octanol–water partition coefficient (Wildman–Crippen LogP) is 3.85. The molecule has 29 heavy (non-hydrogen) atoms. The molecule has 0 radical (unpaired) electrons. The first-order valence-corrected chi connectivity index (χ1v) is 10.2. The molecule has 0 amide bonds. The molecular formula is C21H14FN3O3S. The summed E-state index contributed by atoms with van der Waals surface area (Å²) in [6, 6.07) is 17.3. The minimum absolute atomic E-state index is 0.109. The van der Waals surface area contributed by atoms with E-state index in [1.165, 1.54) is 30.5 Å². The Bertz CT molecular complexity index is 1550. The number of nitrogens with zero attached hydrogens (tertiary/aromatic N) is 1. The summed E-state index contributed by atoms with van der Waals surface area (Å²) in [5.74, 6) is -0.530. The van der Waals surface area contributed by atoms with Gasteiger partial charge in [-0.15, -0.1) is 0 Å². The number of aromatic nitrogens is 3. The fraction of sp³-hybridized carbons (Fsp3) is 0. The Labute approximate surface area is 164 Å². The molecule has 0 saturated carbocycles. The van der Waals surface area contributed by atoms with Gasteiger partial charge in [-0.25, -0.2) is 21.6 Å². The van der Waals surface area contributed by atoms with Crippen LogP contribution >= 0.6 is 0 Å². The van der Waals surface area contributed by atoms with E-state index < -0.39 is 15.8 Å². The first-order valence-electron chi connectivity index (χ1n) is 8.77. The van der Waals surface area contributed by atoms with Gasteiger partial charge in [0, 0.05) is 17.1 Å². The van der Waals surface area contributed by atoms with Crippen molar-refractivity contribution in [3.05, 3.63) is 89.2 Å². The quantitative estimate of drug-likeness (QED) is 0.476. The lowest BCUT2D eigenvalue weighted by Crippen LogP contribution is -2.11. The summed E-state index contributed by atoms with van der Waals surface area (Å²) in [7, 11) is -3.92. The van der Waals surface area contributed by atoms with Crippen LogP contribution < -0.4 is 5.69 Å². The zero-order valence-corrected chi connectivity index (χ0v) is 15.7. The number of hydrogen-bond acceptors (Lipinski definition) is 3. The van der Waals surface area contributed by atoms with Crippen molar-refractivity contribution in [2.75, 3.05) is 0 Å². The molecule has 0 unspecified atom stereocenters. The van der Waals surface area contributed by atoms with Gasteiger partial charge in [0.05, 0.1) is 21.4 Å². The third-order valence-corrected chi connectivity index (χ3v) is 6.55. The highest BCUT2D eigenvalue weighted by atomic mass is 32.2. The first kappa shape index (κ1) is 17.4. The van der Waals surface area contributed by atoms with Crippen LogP contribution in [0.15, 0.2) is 82.6 Å². The number of H-pyrrole nitrogens is 2. The molecule has 0 aliphatic carbocycles. The van der Waals surface area contributed by atoms with Gasteiger partial charge in [0.1, 0.15) is 5.82 Å². The van der Waals surface area contributed by atoms with Crippen LogP contribution in [0.1, 0.15) is 0 Å². The highest BCUT2D eigenvalue weighted by Gasteiger charge is 2.22. The van der Waals surface area contributed by atoms with Gasteiger partial charge in [-0.05, 0) is 48.0 Å². The first-order chi connectivity index (χ1) is 13.9. The lowest BCUT2D eigenvalue weighted by molar-refractivity contribution is 0.589. The second-order valence-electron chi connectivity index (χ2n) is 6.66. The Morgan fingerprint density at radius 1 is 0.862 bits per heavy atom. The van der Waals surface area contributed by atoms with Crippen molar-refractivity contribution in [2.45, 2.75) is 4.90 Å². The second kappa shape index (κ2) is 6.18. The Hall–Kier alpha value is -3.65. The smallest absolute Gasteiger partial charge is 0.306 e. The van der Waals surface area contributed by atoms with Crippen LogP contribution in [0.5, 0.6) is 0 Å². The number of rotatable bonds is 3. The van der Waals surface area contributed by atoms with Crippen LogP contribution in [0.4, 0.5) is 4.39 Å². The summed E-state index contributed by atoms with van der Waals surface area (Å²) in [5, 5.41) is 0.586. The molecule has 0 aliphatic heterocycles. The Kier molecular flexibility index (Phi) is 3.72. The fourth-order valence-corrected chi connectivity index (χ4v) is 4.89. The van der Waals surface area contributed by atoms with E-state index >= 15 is 0 Å². The lowest BCUT2D eigenvalue weighted by Gasteiger charge is -2.07. The molecule has 3 aromatic carbocycles. The Morgan fingerprint density at radius 3 is 2.41 bits per heavy atom. The average Bonchev–Trinajstić information content (AvgIpc) is 3.27. The van der Waals surface area contributed by atoms with Gasteiger partial charge < -0.3 is 9.97 Å². The normalized spacial score (nSPS) is 12.0. The van der Waals surface area contributed by atoms with Crippen molar-refractivity contribution in [2.24, 2.45) is 0 Å². The third kappa shape index (κ3) is 2.76. The van der Waals surface area contributed by atoms with Gasteiger partial charge in [0.2, 0.25) is 0 Å². The maximum absolute atomic E-state index is 14.0. The maximum Gasteiger partial charge on any atom is 0.323 e. The summed E-state index contributed by atoms with van der Waals surface area (Å²) >= 11 is 0. The van der Waals surface area contributed by atoms with E-state index in [-0.39, 0.29) is 16.1 Å². The number of hydrogen-bond donors (Lipinski definition) is 2. The number of aromatic amines is 2. The molecule has 8 heteroatoms. The van der Waals surface area contributed by atoms with E-state index in [0.717, 1.165) is 3.97 Å². The molecule has 2 N–H and O–H groups in total. The van der Waals surface area contributed by atoms with Crippen LogP contribution in [0.3, 0.4) is 0 Å². The summed E-state index contributed by atoms with van der Waals surface area (Å²) in [5.41, 5.74) is 2.47. The number of halogens is 1. The minimum atomic E-state index is -3.92. The molecule has 0 atom stereocenters. The number of nitrogens with one attached hydrogen (secondary N) is 2. The van der Waals surface area contributed by atoms with E-state index in [9.17, 15) is 17.6 Å². The molecule has 2 heterocycles. The monoisotopic (exact) mass is 407 g/mol. The lowest BCUT2D eigenvalue weighted by atomic mass is 10.0. The van der Waals surface area contributed by atoms with Gasteiger partial charge in [-0.1, -0.05) is 24.3 Å². The molecule has 2 aromatic heterocycles. The van der Waals surface area contributed by atoms with Crippen molar-refractivity contribution in [1.29, 1.82) is 0 Å². The van der Waals surface area contributed by atoms with Crippen molar-refractivity contribution in [3.8, 4) is 11.1 Å². The molecule has 144 valence electrons. The van der Waals surface area contributed by atoms with Crippen molar-refractivity contribution in [3.63, 3.8) is 0 Å². The molecule has 5 rings (SSSR count). The maximum atomic E-state index is 14.0. The molecule has 0 aliphatic rings. The standard InChI is InChI=1S/C21H14FN3O3S/c22-14-7-8-16-17(13-6-9-18-19(10-13)24-21(26)23-18)12-25(20(16)11-14)29(27,28)15-4-2-1-3-5-15/h1-12H,(H2,23,24,26). The summed E-state index contributed by atoms with van der Waals surface area (Å²) in [6.07, 6.45) is 1.48. The zero-order valence-electron chi connectivity index (χ0n) is 14.9. The highest BCUT2D eigenvalue weighted by molar-refractivity contribution is 7.90.